The zero-order valence-corrected chi connectivity index (χ0v) is 11.8. The maximum absolute atomic E-state index is 13.8. The number of hydrogen-bond donors (Lipinski definition) is 0. The Labute approximate surface area is 123 Å². The van der Waals surface area contributed by atoms with Gasteiger partial charge < -0.3 is 0 Å². The first-order valence-electron chi connectivity index (χ1n) is 6.20. The monoisotopic (exact) mass is 310 g/mol. The van der Waals surface area contributed by atoms with E-state index >= 15 is 0 Å². The third kappa shape index (κ3) is 2.27. The van der Waals surface area contributed by atoms with E-state index in [9.17, 15) is 13.2 Å². The van der Waals surface area contributed by atoms with Gasteiger partial charge in [-0.15, -0.1) is 11.6 Å². The quantitative estimate of drug-likeness (QED) is 0.638. The molecule has 1 heterocycles. The van der Waals surface area contributed by atoms with Crippen molar-refractivity contribution in [1.29, 1.82) is 0 Å². The molecular weight excluding hydrogens is 301 g/mol. The number of halogens is 4. The first-order valence-corrected chi connectivity index (χ1v) is 6.73. The summed E-state index contributed by atoms with van der Waals surface area (Å²) in [7, 11) is 0. The zero-order valence-electron chi connectivity index (χ0n) is 11.0. The SMILES string of the molecule is Cc1ccc(F)cc1-n1c(CCl)nc2c(F)cc(F)cc21. The van der Waals surface area contributed by atoms with Gasteiger partial charge in [-0.1, -0.05) is 6.07 Å². The molecular formula is C15H10ClF3N2. The second-order valence-corrected chi connectivity index (χ2v) is 4.95. The molecule has 0 atom stereocenters. The molecule has 0 unspecified atom stereocenters. The average Bonchev–Trinajstić information content (AvgIpc) is 2.80. The highest BCUT2D eigenvalue weighted by Crippen LogP contribution is 2.27. The predicted octanol–water partition coefficient (Wildman–Crippen LogP) is 4.49. The fraction of sp³-hybridized carbons (Fsp3) is 0.133. The first kappa shape index (κ1) is 13.9. The largest absolute Gasteiger partial charge is 0.295 e. The third-order valence-electron chi connectivity index (χ3n) is 3.28. The summed E-state index contributed by atoms with van der Waals surface area (Å²) >= 11 is 5.84. The molecule has 1 aromatic heterocycles. The van der Waals surface area contributed by atoms with Gasteiger partial charge in [0.05, 0.1) is 17.1 Å². The van der Waals surface area contributed by atoms with Gasteiger partial charge in [0.1, 0.15) is 23.0 Å². The molecule has 0 radical (unpaired) electrons. The zero-order chi connectivity index (χ0) is 15.1. The molecule has 6 heteroatoms. The summed E-state index contributed by atoms with van der Waals surface area (Å²) in [5.74, 6) is -1.63. The van der Waals surface area contributed by atoms with E-state index in [-0.39, 0.29) is 16.9 Å². The van der Waals surface area contributed by atoms with Crippen molar-refractivity contribution < 1.29 is 13.2 Å². The van der Waals surface area contributed by atoms with Crippen LogP contribution >= 0.6 is 11.6 Å². The van der Waals surface area contributed by atoms with Crippen molar-refractivity contribution in [3.8, 4) is 5.69 Å². The van der Waals surface area contributed by atoms with Gasteiger partial charge in [-0.05, 0) is 24.6 Å². The third-order valence-corrected chi connectivity index (χ3v) is 3.52. The molecule has 3 rings (SSSR count). The minimum Gasteiger partial charge on any atom is -0.295 e. The maximum Gasteiger partial charge on any atom is 0.153 e. The Bertz CT molecular complexity index is 843. The van der Waals surface area contributed by atoms with E-state index in [2.05, 4.69) is 4.98 Å². The molecule has 0 aliphatic carbocycles. The summed E-state index contributed by atoms with van der Waals surface area (Å²) in [6, 6.07) is 6.11. The van der Waals surface area contributed by atoms with Gasteiger partial charge >= 0.3 is 0 Å². The summed E-state index contributed by atoms with van der Waals surface area (Å²) < 4.78 is 42.3. The summed E-state index contributed by atoms with van der Waals surface area (Å²) in [6.07, 6.45) is 0. The van der Waals surface area contributed by atoms with Crippen LogP contribution in [-0.4, -0.2) is 9.55 Å². The van der Waals surface area contributed by atoms with Crippen molar-refractivity contribution in [2.75, 3.05) is 0 Å². The lowest BCUT2D eigenvalue weighted by atomic mass is 10.2. The number of imidazole rings is 1. The lowest BCUT2D eigenvalue weighted by Gasteiger charge is -2.11. The van der Waals surface area contributed by atoms with Gasteiger partial charge in [0.2, 0.25) is 0 Å². The first-order chi connectivity index (χ1) is 10.0. The fourth-order valence-electron chi connectivity index (χ4n) is 2.33. The maximum atomic E-state index is 13.8. The van der Waals surface area contributed by atoms with Crippen LogP contribution in [0.2, 0.25) is 0 Å². The standard InChI is InChI=1S/C15H10ClF3N2/c1-8-2-3-9(17)5-12(8)21-13-6-10(18)4-11(19)15(13)20-14(21)7-16/h2-6H,7H2,1H3. The molecule has 0 aliphatic rings. The van der Waals surface area contributed by atoms with Crippen molar-refractivity contribution in [3.63, 3.8) is 0 Å². The van der Waals surface area contributed by atoms with Crippen molar-refractivity contribution in [1.82, 2.24) is 9.55 Å². The lowest BCUT2D eigenvalue weighted by molar-refractivity contribution is 0.590. The Morgan fingerprint density at radius 2 is 1.86 bits per heavy atom. The molecule has 0 saturated heterocycles. The molecule has 0 saturated carbocycles. The minimum absolute atomic E-state index is 0.00824. The number of aromatic nitrogens is 2. The summed E-state index contributed by atoms with van der Waals surface area (Å²) in [5.41, 5.74) is 1.43. The van der Waals surface area contributed by atoms with Crippen LogP contribution < -0.4 is 0 Å². The van der Waals surface area contributed by atoms with E-state index in [0.717, 1.165) is 17.7 Å². The van der Waals surface area contributed by atoms with Gasteiger partial charge in [0.15, 0.2) is 5.82 Å². The Hall–Kier alpha value is -2.01. The second-order valence-electron chi connectivity index (χ2n) is 4.68. The molecule has 3 aromatic rings. The fourth-order valence-corrected chi connectivity index (χ4v) is 2.51. The number of hydrogen-bond acceptors (Lipinski definition) is 1. The lowest BCUT2D eigenvalue weighted by Crippen LogP contribution is -2.02. The van der Waals surface area contributed by atoms with Crippen molar-refractivity contribution in [2.45, 2.75) is 12.8 Å². The molecule has 2 aromatic carbocycles. The van der Waals surface area contributed by atoms with E-state index < -0.39 is 17.5 Å². The second kappa shape index (κ2) is 5.07. The normalized spacial score (nSPS) is 11.3. The Balaban J connectivity index is 2.43. The van der Waals surface area contributed by atoms with Crippen LogP contribution in [0.25, 0.3) is 16.7 Å². The highest BCUT2D eigenvalue weighted by molar-refractivity contribution is 6.17. The molecule has 108 valence electrons. The van der Waals surface area contributed by atoms with Crippen molar-refractivity contribution >= 4 is 22.6 Å². The summed E-state index contributed by atoms with van der Waals surface area (Å²) in [5, 5.41) is 0. The number of nitrogens with zero attached hydrogens (tertiary/aromatic N) is 2. The van der Waals surface area contributed by atoms with Crippen LogP contribution in [0.5, 0.6) is 0 Å². The van der Waals surface area contributed by atoms with Gasteiger partial charge in [-0.25, -0.2) is 18.2 Å². The molecule has 0 aliphatic heterocycles. The Kier molecular flexibility index (Phi) is 3.37. The molecule has 0 N–H and O–H groups in total. The average molecular weight is 311 g/mol. The van der Waals surface area contributed by atoms with Gasteiger partial charge in [-0.2, -0.15) is 0 Å². The van der Waals surface area contributed by atoms with Gasteiger partial charge in [-0.3, -0.25) is 4.57 Å². The molecule has 0 bridgehead atoms. The molecule has 21 heavy (non-hydrogen) atoms. The highest BCUT2D eigenvalue weighted by atomic mass is 35.5. The van der Waals surface area contributed by atoms with Crippen LogP contribution in [0.3, 0.4) is 0 Å². The topological polar surface area (TPSA) is 17.8 Å². The Morgan fingerprint density at radius 3 is 2.57 bits per heavy atom. The van der Waals surface area contributed by atoms with Crippen LogP contribution in [0, 0.1) is 24.4 Å². The number of rotatable bonds is 2. The van der Waals surface area contributed by atoms with E-state index in [1.807, 2.05) is 0 Å². The van der Waals surface area contributed by atoms with Crippen LogP contribution in [0.15, 0.2) is 30.3 Å². The molecule has 0 fully saturated rings. The summed E-state index contributed by atoms with van der Waals surface area (Å²) in [4.78, 5) is 4.09. The van der Waals surface area contributed by atoms with Crippen molar-refractivity contribution in [3.05, 3.63) is 59.2 Å². The Morgan fingerprint density at radius 1 is 1.10 bits per heavy atom. The predicted molar refractivity (Wildman–Crippen MR) is 75.2 cm³/mol. The van der Waals surface area contributed by atoms with Crippen LogP contribution in [0.4, 0.5) is 13.2 Å². The van der Waals surface area contributed by atoms with Crippen LogP contribution in [0.1, 0.15) is 11.4 Å². The van der Waals surface area contributed by atoms with Gasteiger partial charge in [0.25, 0.3) is 0 Å². The number of fused-ring (bicyclic) bond motifs is 1. The number of benzene rings is 2. The highest BCUT2D eigenvalue weighted by Gasteiger charge is 2.17. The van der Waals surface area contributed by atoms with Crippen LogP contribution in [-0.2, 0) is 5.88 Å². The van der Waals surface area contributed by atoms with Crippen molar-refractivity contribution in [2.24, 2.45) is 0 Å². The number of alkyl halides is 1. The minimum atomic E-state index is -0.774. The van der Waals surface area contributed by atoms with E-state index in [4.69, 9.17) is 11.6 Å². The molecule has 0 spiro atoms. The van der Waals surface area contributed by atoms with E-state index in [0.29, 0.717) is 11.5 Å². The smallest absolute Gasteiger partial charge is 0.153 e. The summed E-state index contributed by atoms with van der Waals surface area (Å²) in [6.45, 7) is 1.77. The molecule has 0 amide bonds. The van der Waals surface area contributed by atoms with Gasteiger partial charge in [0, 0.05) is 12.1 Å². The molecule has 2 nitrogen and oxygen atoms in total. The van der Waals surface area contributed by atoms with E-state index in [1.165, 1.54) is 16.7 Å². The number of aryl methyl sites for hydroxylation is 1. The van der Waals surface area contributed by atoms with E-state index in [1.54, 1.807) is 13.0 Å².